The summed E-state index contributed by atoms with van der Waals surface area (Å²) in [5.41, 5.74) is 1.92. The molecule has 23 heavy (non-hydrogen) atoms. The number of hydrogen-bond acceptors (Lipinski definition) is 3. The smallest absolute Gasteiger partial charge is 0.399 e. The molecule has 1 fully saturated rings. The van der Waals surface area contributed by atoms with Crippen LogP contribution in [0.4, 0.5) is 0 Å². The molecular weight excluding hydrogens is 289 g/mol. The van der Waals surface area contributed by atoms with Crippen molar-refractivity contribution in [3.63, 3.8) is 0 Å². The first kappa shape index (κ1) is 18.0. The van der Waals surface area contributed by atoms with Gasteiger partial charge in [0.2, 0.25) is 0 Å². The Morgan fingerprint density at radius 1 is 1.17 bits per heavy atom. The second kappa shape index (κ2) is 6.29. The van der Waals surface area contributed by atoms with Crippen LogP contribution < -0.4 is 10.8 Å². The van der Waals surface area contributed by atoms with Crippen LogP contribution in [0.5, 0.6) is 0 Å². The standard InChI is InChI=1S/C18H28BNO3/c1-12(2)11-20-16(21)14-8-9-15(13(3)10-14)19-22-17(4,5)18(6,7)23-19/h8-10,12H,11H2,1-7H3,(H,20,21). The molecule has 1 heterocycles. The number of amides is 1. The SMILES string of the molecule is Cc1cc(C(=O)NCC(C)C)ccc1B1OC(C)(C)C(C)(C)O1. The molecule has 1 aromatic rings. The second-order valence-corrected chi connectivity index (χ2v) is 7.76. The third-order valence-corrected chi connectivity index (χ3v) is 4.71. The molecule has 0 aromatic heterocycles. The van der Waals surface area contributed by atoms with Crippen molar-refractivity contribution in [1.29, 1.82) is 0 Å². The third-order valence-electron chi connectivity index (χ3n) is 4.71. The largest absolute Gasteiger partial charge is 0.495 e. The van der Waals surface area contributed by atoms with Crippen LogP contribution >= 0.6 is 0 Å². The van der Waals surface area contributed by atoms with Crippen LogP contribution in [-0.2, 0) is 9.31 Å². The Balaban J connectivity index is 2.16. The lowest BCUT2D eigenvalue weighted by atomic mass is 9.76. The topological polar surface area (TPSA) is 47.6 Å². The lowest BCUT2D eigenvalue weighted by Crippen LogP contribution is -2.41. The highest BCUT2D eigenvalue weighted by atomic mass is 16.7. The van der Waals surface area contributed by atoms with E-state index in [-0.39, 0.29) is 17.1 Å². The minimum Gasteiger partial charge on any atom is -0.399 e. The van der Waals surface area contributed by atoms with Gasteiger partial charge in [-0.3, -0.25) is 4.79 Å². The molecule has 0 radical (unpaired) electrons. The quantitative estimate of drug-likeness (QED) is 0.869. The van der Waals surface area contributed by atoms with Crippen LogP contribution in [-0.4, -0.2) is 30.8 Å². The first-order chi connectivity index (χ1) is 10.5. The predicted molar refractivity (Wildman–Crippen MR) is 94.1 cm³/mol. The molecule has 0 saturated carbocycles. The first-order valence-electron chi connectivity index (χ1n) is 8.28. The number of rotatable bonds is 4. The van der Waals surface area contributed by atoms with Gasteiger partial charge in [0.15, 0.2) is 0 Å². The average molecular weight is 317 g/mol. The Kier molecular flexibility index (Phi) is 4.93. The summed E-state index contributed by atoms with van der Waals surface area (Å²) in [6.07, 6.45) is 0. The highest BCUT2D eigenvalue weighted by Crippen LogP contribution is 2.36. The van der Waals surface area contributed by atoms with Crippen LogP contribution in [0.15, 0.2) is 18.2 Å². The van der Waals surface area contributed by atoms with E-state index in [1.54, 1.807) is 0 Å². The van der Waals surface area contributed by atoms with Gasteiger partial charge in [-0.1, -0.05) is 25.5 Å². The summed E-state index contributed by atoms with van der Waals surface area (Å²) in [7, 11) is -0.396. The lowest BCUT2D eigenvalue weighted by molar-refractivity contribution is 0.00578. The second-order valence-electron chi connectivity index (χ2n) is 7.76. The molecular formula is C18H28BNO3. The average Bonchev–Trinajstić information content (AvgIpc) is 2.64. The van der Waals surface area contributed by atoms with Crippen LogP contribution in [0.2, 0.25) is 0 Å². The van der Waals surface area contributed by atoms with E-state index in [0.717, 1.165) is 11.0 Å². The molecule has 2 rings (SSSR count). The molecule has 1 saturated heterocycles. The number of benzene rings is 1. The van der Waals surface area contributed by atoms with E-state index in [4.69, 9.17) is 9.31 Å². The molecule has 1 aliphatic rings. The van der Waals surface area contributed by atoms with Gasteiger partial charge in [-0.25, -0.2) is 0 Å². The number of hydrogen-bond donors (Lipinski definition) is 1. The van der Waals surface area contributed by atoms with Crippen molar-refractivity contribution in [2.24, 2.45) is 5.92 Å². The fourth-order valence-corrected chi connectivity index (χ4v) is 2.45. The Bertz CT molecular complexity index is 580. The summed E-state index contributed by atoms with van der Waals surface area (Å²) in [5, 5.41) is 2.94. The van der Waals surface area contributed by atoms with Crippen molar-refractivity contribution < 1.29 is 14.1 Å². The van der Waals surface area contributed by atoms with E-state index in [1.807, 2.05) is 52.8 Å². The van der Waals surface area contributed by atoms with Gasteiger partial charge in [0.1, 0.15) is 0 Å². The Morgan fingerprint density at radius 3 is 2.22 bits per heavy atom. The Labute approximate surface area is 140 Å². The van der Waals surface area contributed by atoms with E-state index in [9.17, 15) is 4.79 Å². The summed E-state index contributed by atoms with van der Waals surface area (Å²) in [6, 6.07) is 5.67. The van der Waals surface area contributed by atoms with Gasteiger partial charge in [0.05, 0.1) is 11.2 Å². The van der Waals surface area contributed by atoms with Gasteiger partial charge < -0.3 is 14.6 Å². The molecule has 126 valence electrons. The van der Waals surface area contributed by atoms with Crippen LogP contribution in [0.3, 0.4) is 0 Å². The predicted octanol–water partition coefficient (Wildman–Crippen LogP) is 2.68. The molecule has 5 heteroatoms. The summed E-state index contributed by atoms with van der Waals surface area (Å²) < 4.78 is 12.2. The van der Waals surface area contributed by atoms with Crippen molar-refractivity contribution >= 4 is 18.5 Å². The van der Waals surface area contributed by atoms with E-state index in [1.165, 1.54) is 0 Å². The lowest BCUT2D eigenvalue weighted by Gasteiger charge is -2.32. The van der Waals surface area contributed by atoms with E-state index in [2.05, 4.69) is 19.2 Å². The summed E-state index contributed by atoms with van der Waals surface area (Å²) in [6.45, 7) is 15.0. The summed E-state index contributed by atoms with van der Waals surface area (Å²) in [5.74, 6) is 0.395. The van der Waals surface area contributed by atoms with Gasteiger partial charge in [-0.15, -0.1) is 0 Å². The van der Waals surface area contributed by atoms with Gasteiger partial charge in [0, 0.05) is 12.1 Å². The van der Waals surface area contributed by atoms with Crippen molar-refractivity contribution in [3.05, 3.63) is 29.3 Å². The van der Waals surface area contributed by atoms with Gasteiger partial charge in [0.25, 0.3) is 5.91 Å². The molecule has 0 aliphatic carbocycles. The van der Waals surface area contributed by atoms with Crippen molar-refractivity contribution in [2.45, 2.75) is 59.7 Å². The molecule has 0 bridgehead atoms. The van der Waals surface area contributed by atoms with Gasteiger partial charge in [-0.2, -0.15) is 0 Å². The van der Waals surface area contributed by atoms with E-state index >= 15 is 0 Å². The number of carbonyl (C=O) groups excluding carboxylic acids is 1. The van der Waals surface area contributed by atoms with E-state index < -0.39 is 7.12 Å². The van der Waals surface area contributed by atoms with Crippen LogP contribution in [0, 0.1) is 12.8 Å². The van der Waals surface area contributed by atoms with Crippen molar-refractivity contribution in [1.82, 2.24) is 5.32 Å². The third kappa shape index (κ3) is 3.78. The fraction of sp³-hybridized carbons (Fsp3) is 0.611. The maximum absolute atomic E-state index is 12.2. The maximum Gasteiger partial charge on any atom is 0.495 e. The molecule has 0 spiro atoms. The molecule has 1 amide bonds. The van der Waals surface area contributed by atoms with Gasteiger partial charge >= 0.3 is 7.12 Å². The molecule has 1 aliphatic heterocycles. The van der Waals surface area contributed by atoms with Crippen LogP contribution in [0.1, 0.15) is 57.5 Å². The molecule has 0 atom stereocenters. The first-order valence-corrected chi connectivity index (χ1v) is 8.28. The zero-order valence-corrected chi connectivity index (χ0v) is 15.3. The highest BCUT2D eigenvalue weighted by molar-refractivity contribution is 6.62. The normalized spacial score (nSPS) is 19.2. The number of nitrogens with one attached hydrogen (secondary N) is 1. The zero-order chi connectivity index (χ0) is 17.4. The van der Waals surface area contributed by atoms with Gasteiger partial charge in [-0.05, 0) is 58.1 Å². The number of carbonyl (C=O) groups is 1. The van der Waals surface area contributed by atoms with E-state index in [0.29, 0.717) is 18.0 Å². The molecule has 4 nitrogen and oxygen atoms in total. The Hall–Kier alpha value is -1.33. The van der Waals surface area contributed by atoms with Crippen molar-refractivity contribution in [3.8, 4) is 0 Å². The Morgan fingerprint density at radius 2 is 1.74 bits per heavy atom. The minimum atomic E-state index is -0.396. The monoisotopic (exact) mass is 317 g/mol. The summed E-state index contributed by atoms with van der Waals surface area (Å²) in [4.78, 5) is 12.2. The summed E-state index contributed by atoms with van der Waals surface area (Å²) >= 11 is 0. The molecule has 0 unspecified atom stereocenters. The maximum atomic E-state index is 12.2. The highest BCUT2D eigenvalue weighted by Gasteiger charge is 2.52. The molecule has 1 N–H and O–H groups in total. The fourth-order valence-electron chi connectivity index (χ4n) is 2.45. The zero-order valence-electron chi connectivity index (χ0n) is 15.3. The minimum absolute atomic E-state index is 0.0396. The van der Waals surface area contributed by atoms with Crippen LogP contribution in [0.25, 0.3) is 0 Å². The number of aryl methyl sites for hydroxylation is 1. The van der Waals surface area contributed by atoms with Crippen molar-refractivity contribution in [2.75, 3.05) is 6.54 Å². The molecule has 1 aromatic carbocycles.